The van der Waals surface area contributed by atoms with E-state index in [0.717, 1.165) is 31.6 Å². The maximum atomic E-state index is 11.3. The Morgan fingerprint density at radius 1 is 1.32 bits per heavy atom. The van der Waals surface area contributed by atoms with E-state index in [2.05, 4.69) is 30.7 Å². The Morgan fingerprint density at radius 3 is 2.63 bits per heavy atom. The molecule has 0 aromatic heterocycles. The summed E-state index contributed by atoms with van der Waals surface area (Å²) in [6, 6.07) is 0.224. The Hall–Kier alpha value is -1.42. The Bertz CT molecular complexity index is 431. The van der Waals surface area contributed by atoms with Crippen LogP contribution in [0.15, 0.2) is 29.0 Å². The molecule has 0 saturated heterocycles. The molecule has 0 bridgehead atoms. The van der Waals surface area contributed by atoms with Gasteiger partial charge >= 0.3 is 0 Å². The van der Waals surface area contributed by atoms with E-state index in [1.807, 2.05) is 0 Å². The van der Waals surface area contributed by atoms with Gasteiger partial charge in [0.05, 0.1) is 6.04 Å². The van der Waals surface area contributed by atoms with E-state index in [4.69, 9.17) is 4.74 Å². The fraction of sp³-hybridized carbons (Fsp3) is 0.600. The van der Waals surface area contributed by atoms with Crippen LogP contribution in [0.4, 0.5) is 0 Å². The van der Waals surface area contributed by atoms with Crippen molar-refractivity contribution in [3.05, 3.63) is 24.0 Å². The van der Waals surface area contributed by atoms with Gasteiger partial charge in [0.15, 0.2) is 11.5 Å². The van der Waals surface area contributed by atoms with Crippen molar-refractivity contribution in [3.63, 3.8) is 0 Å². The number of ether oxygens (including phenoxy) is 1. The number of carbonyl (C=O) groups excluding carboxylic acids is 1. The number of allylic oxidation sites excluding steroid dienone is 3. The third kappa shape index (κ3) is 3.13. The molecule has 0 fully saturated rings. The number of rotatable bonds is 6. The lowest BCUT2D eigenvalue weighted by molar-refractivity contribution is -0.110. The van der Waals surface area contributed by atoms with Crippen LogP contribution in [0.25, 0.3) is 0 Å². The van der Waals surface area contributed by atoms with E-state index in [0.29, 0.717) is 5.76 Å². The number of carbonyl (C=O) groups is 1. The molecule has 2 aliphatic rings. The molecule has 2 unspecified atom stereocenters. The summed E-state index contributed by atoms with van der Waals surface area (Å²) in [7, 11) is 0. The minimum absolute atomic E-state index is 0.0266. The van der Waals surface area contributed by atoms with Gasteiger partial charge < -0.3 is 4.74 Å². The third-order valence-corrected chi connectivity index (χ3v) is 3.46. The van der Waals surface area contributed by atoms with Crippen LogP contribution in [0.5, 0.6) is 0 Å². The summed E-state index contributed by atoms with van der Waals surface area (Å²) in [4.78, 5) is 18.3. The molecular weight excluding hydrogens is 240 g/mol. The van der Waals surface area contributed by atoms with Crippen molar-refractivity contribution in [2.45, 2.75) is 45.9 Å². The van der Waals surface area contributed by atoms with Crippen LogP contribution < -0.4 is 0 Å². The number of nitrogens with zero attached hydrogens (tertiary/aromatic N) is 2. The Morgan fingerprint density at radius 2 is 2.00 bits per heavy atom. The predicted octanol–water partition coefficient (Wildman–Crippen LogP) is 2.32. The number of fused-ring (bicyclic) bond motifs is 1. The van der Waals surface area contributed by atoms with E-state index in [-0.39, 0.29) is 18.1 Å². The molecule has 0 aromatic rings. The van der Waals surface area contributed by atoms with E-state index in [1.165, 1.54) is 12.2 Å². The highest BCUT2D eigenvalue weighted by atomic mass is 16.5. The summed E-state index contributed by atoms with van der Waals surface area (Å²) in [5.41, 5.74) is 0.796. The average molecular weight is 262 g/mol. The molecule has 0 radical (unpaired) electrons. The van der Waals surface area contributed by atoms with Crippen LogP contribution in [0, 0.1) is 0 Å². The number of aliphatic imine (C=N–C) groups is 1. The summed E-state index contributed by atoms with van der Waals surface area (Å²) in [5.74, 6) is 0.596. The van der Waals surface area contributed by atoms with Gasteiger partial charge in [-0.3, -0.25) is 9.69 Å². The first kappa shape index (κ1) is 14.0. The van der Waals surface area contributed by atoms with Crippen molar-refractivity contribution in [3.8, 4) is 0 Å². The quantitative estimate of drug-likeness (QED) is 0.690. The third-order valence-electron chi connectivity index (χ3n) is 3.46. The van der Waals surface area contributed by atoms with Crippen LogP contribution in [-0.4, -0.2) is 41.8 Å². The first-order chi connectivity index (χ1) is 9.15. The molecule has 104 valence electrons. The van der Waals surface area contributed by atoms with Gasteiger partial charge in [0, 0.05) is 6.08 Å². The first-order valence-electron chi connectivity index (χ1n) is 7.08. The summed E-state index contributed by atoms with van der Waals surface area (Å²) in [6.45, 7) is 8.60. The SMILES string of the molecule is CCCN(CCC)C(C)C1N=C2C=CC(=O)C=C2O1. The van der Waals surface area contributed by atoms with Crippen molar-refractivity contribution in [2.75, 3.05) is 13.1 Å². The molecule has 4 nitrogen and oxygen atoms in total. The molecule has 2 rings (SSSR count). The zero-order valence-electron chi connectivity index (χ0n) is 11.9. The monoisotopic (exact) mass is 262 g/mol. The van der Waals surface area contributed by atoms with Crippen LogP contribution in [-0.2, 0) is 9.53 Å². The molecule has 1 aliphatic heterocycles. The lowest BCUT2D eigenvalue weighted by Gasteiger charge is -2.30. The molecule has 1 aliphatic carbocycles. The van der Waals surface area contributed by atoms with E-state index >= 15 is 0 Å². The molecule has 19 heavy (non-hydrogen) atoms. The van der Waals surface area contributed by atoms with Crippen molar-refractivity contribution in [1.82, 2.24) is 4.90 Å². The highest BCUT2D eigenvalue weighted by Crippen LogP contribution is 2.24. The number of hydrogen-bond acceptors (Lipinski definition) is 4. The smallest absolute Gasteiger partial charge is 0.205 e. The van der Waals surface area contributed by atoms with E-state index < -0.39 is 0 Å². The maximum Gasteiger partial charge on any atom is 0.205 e. The minimum Gasteiger partial charge on any atom is -0.465 e. The molecule has 0 amide bonds. The van der Waals surface area contributed by atoms with Crippen LogP contribution in [0.3, 0.4) is 0 Å². The molecule has 0 aromatic carbocycles. The Labute approximate surface area is 114 Å². The highest BCUT2D eigenvalue weighted by molar-refractivity contribution is 6.19. The van der Waals surface area contributed by atoms with Gasteiger partial charge in [-0.1, -0.05) is 13.8 Å². The van der Waals surface area contributed by atoms with Gasteiger partial charge in [-0.05, 0) is 45.0 Å². The summed E-state index contributed by atoms with van der Waals surface area (Å²) >= 11 is 0. The van der Waals surface area contributed by atoms with Gasteiger partial charge in [0.2, 0.25) is 6.23 Å². The molecule has 0 saturated carbocycles. The van der Waals surface area contributed by atoms with Gasteiger partial charge in [0.25, 0.3) is 0 Å². The normalized spacial score (nSPS) is 22.9. The van der Waals surface area contributed by atoms with Crippen molar-refractivity contribution >= 4 is 11.5 Å². The summed E-state index contributed by atoms with van der Waals surface area (Å²) in [5, 5.41) is 0. The summed E-state index contributed by atoms with van der Waals surface area (Å²) in [6.07, 6.45) is 6.84. The van der Waals surface area contributed by atoms with Crippen molar-refractivity contribution in [1.29, 1.82) is 0 Å². The second-order valence-corrected chi connectivity index (χ2v) is 5.04. The zero-order valence-corrected chi connectivity index (χ0v) is 11.9. The molecule has 0 spiro atoms. The lowest BCUT2D eigenvalue weighted by Crippen LogP contribution is -2.41. The molecule has 2 atom stereocenters. The van der Waals surface area contributed by atoms with Crippen LogP contribution >= 0.6 is 0 Å². The van der Waals surface area contributed by atoms with Gasteiger partial charge in [-0.25, -0.2) is 4.99 Å². The highest BCUT2D eigenvalue weighted by Gasteiger charge is 2.31. The fourth-order valence-corrected chi connectivity index (χ4v) is 2.47. The zero-order chi connectivity index (χ0) is 13.8. The number of hydrogen-bond donors (Lipinski definition) is 0. The van der Waals surface area contributed by atoms with Gasteiger partial charge in [-0.15, -0.1) is 0 Å². The second kappa shape index (κ2) is 6.15. The lowest BCUT2D eigenvalue weighted by atomic mass is 10.1. The van der Waals surface area contributed by atoms with Crippen molar-refractivity contribution in [2.24, 2.45) is 4.99 Å². The van der Waals surface area contributed by atoms with Crippen LogP contribution in [0.1, 0.15) is 33.6 Å². The Kier molecular flexibility index (Phi) is 4.53. The average Bonchev–Trinajstić information content (AvgIpc) is 2.80. The number of ketones is 1. The van der Waals surface area contributed by atoms with E-state index in [1.54, 1.807) is 6.08 Å². The van der Waals surface area contributed by atoms with Crippen LogP contribution in [0.2, 0.25) is 0 Å². The van der Waals surface area contributed by atoms with Crippen molar-refractivity contribution < 1.29 is 9.53 Å². The first-order valence-corrected chi connectivity index (χ1v) is 7.08. The van der Waals surface area contributed by atoms with Gasteiger partial charge in [-0.2, -0.15) is 0 Å². The van der Waals surface area contributed by atoms with E-state index in [9.17, 15) is 4.79 Å². The van der Waals surface area contributed by atoms with Gasteiger partial charge in [0.1, 0.15) is 5.71 Å². The molecular formula is C15H22N2O2. The maximum absolute atomic E-state index is 11.3. The molecule has 0 N–H and O–H groups in total. The largest absolute Gasteiger partial charge is 0.465 e. The standard InChI is InChI=1S/C15H22N2O2/c1-4-8-17(9-5-2)11(3)15-16-13-7-6-12(18)10-14(13)19-15/h6-7,10-11,15H,4-5,8-9H2,1-3H3. The molecule has 1 heterocycles. The second-order valence-electron chi connectivity index (χ2n) is 5.04. The summed E-state index contributed by atoms with van der Waals surface area (Å²) < 4.78 is 5.81. The minimum atomic E-state index is -0.199. The molecule has 4 heteroatoms. The fourth-order valence-electron chi connectivity index (χ4n) is 2.47. The Balaban J connectivity index is 2.07. The predicted molar refractivity (Wildman–Crippen MR) is 76.2 cm³/mol. The topological polar surface area (TPSA) is 41.9 Å².